The van der Waals surface area contributed by atoms with E-state index in [-0.39, 0.29) is 0 Å². The molecule has 0 atom stereocenters. The van der Waals surface area contributed by atoms with E-state index >= 15 is 0 Å². The van der Waals surface area contributed by atoms with E-state index in [1.807, 2.05) is 7.05 Å². The van der Waals surface area contributed by atoms with Crippen LogP contribution in [0.5, 0.6) is 0 Å². The lowest BCUT2D eigenvalue weighted by Crippen LogP contribution is -2.06. The maximum absolute atomic E-state index is 5.22. The number of aromatic nitrogens is 2. The summed E-state index contributed by atoms with van der Waals surface area (Å²) in [4.78, 5) is 9.24. The number of nitrogens with zero attached hydrogens (tertiary/aromatic N) is 2. The summed E-state index contributed by atoms with van der Waals surface area (Å²) in [6.07, 6.45) is 0. The Hall–Kier alpha value is -1.21. The van der Waals surface area contributed by atoms with E-state index in [4.69, 9.17) is 4.74 Å². The largest absolute Gasteiger partial charge is 0.378 e. The first-order valence-corrected chi connectivity index (χ1v) is 7.44. The molecule has 0 bridgehead atoms. The predicted octanol–water partition coefficient (Wildman–Crippen LogP) is 3.55. The molecule has 0 spiro atoms. The van der Waals surface area contributed by atoms with Gasteiger partial charge in [-0.05, 0) is 48.6 Å². The molecule has 0 fully saturated rings. The van der Waals surface area contributed by atoms with Gasteiger partial charge in [-0.1, -0.05) is 17.2 Å². The molecule has 0 aliphatic rings. The first-order valence-electron chi connectivity index (χ1n) is 6.37. The second kappa shape index (κ2) is 6.49. The molecule has 0 aliphatic carbocycles. The number of rotatable bonds is 4. The zero-order valence-electron chi connectivity index (χ0n) is 12.1. The quantitative estimate of drug-likeness (QED) is 0.821. The lowest BCUT2D eigenvalue weighted by atomic mass is 10.1. The van der Waals surface area contributed by atoms with Crippen LogP contribution in [0.4, 0.5) is 5.82 Å². The number of methoxy groups -OCH3 is 1. The summed E-state index contributed by atoms with van der Waals surface area (Å²) in [5, 5.41) is 3.12. The molecule has 1 aromatic carbocycles. The van der Waals surface area contributed by atoms with Crippen molar-refractivity contribution < 1.29 is 4.74 Å². The van der Waals surface area contributed by atoms with Crippen molar-refractivity contribution in [3.8, 4) is 11.4 Å². The number of hydrogen-bond acceptors (Lipinski definition) is 4. The minimum atomic E-state index is 0.479. The fourth-order valence-corrected chi connectivity index (χ4v) is 2.79. The van der Waals surface area contributed by atoms with Gasteiger partial charge in [0.15, 0.2) is 5.82 Å². The number of aryl methyl sites for hydroxylation is 2. The van der Waals surface area contributed by atoms with Gasteiger partial charge in [0.25, 0.3) is 0 Å². The highest BCUT2D eigenvalue weighted by Gasteiger charge is 2.13. The lowest BCUT2D eigenvalue weighted by Gasteiger charge is -2.11. The van der Waals surface area contributed by atoms with Crippen molar-refractivity contribution in [3.63, 3.8) is 0 Å². The summed E-state index contributed by atoms with van der Waals surface area (Å²) in [5.74, 6) is 1.57. The summed E-state index contributed by atoms with van der Waals surface area (Å²) in [5.41, 5.74) is 4.36. The third-order valence-corrected chi connectivity index (χ3v) is 4.05. The van der Waals surface area contributed by atoms with Gasteiger partial charge < -0.3 is 10.1 Å². The van der Waals surface area contributed by atoms with E-state index in [1.165, 1.54) is 11.1 Å². The Morgan fingerprint density at radius 2 is 1.80 bits per heavy atom. The van der Waals surface area contributed by atoms with Crippen LogP contribution >= 0.6 is 22.6 Å². The predicted molar refractivity (Wildman–Crippen MR) is 89.9 cm³/mol. The minimum absolute atomic E-state index is 0.479. The van der Waals surface area contributed by atoms with Crippen LogP contribution in [0.2, 0.25) is 0 Å². The molecular weight excluding hydrogens is 365 g/mol. The molecule has 1 heterocycles. The molecule has 20 heavy (non-hydrogen) atoms. The fourth-order valence-electron chi connectivity index (χ4n) is 2.12. The van der Waals surface area contributed by atoms with E-state index in [0.717, 1.165) is 26.5 Å². The summed E-state index contributed by atoms with van der Waals surface area (Å²) in [6, 6.07) is 6.35. The molecule has 2 aromatic rings. The fraction of sp³-hybridized carbons (Fsp3) is 0.333. The molecule has 0 unspecified atom stereocenters. The van der Waals surface area contributed by atoms with Crippen molar-refractivity contribution >= 4 is 28.4 Å². The van der Waals surface area contributed by atoms with E-state index in [1.54, 1.807) is 7.11 Å². The van der Waals surface area contributed by atoms with Gasteiger partial charge in [0.2, 0.25) is 0 Å². The molecular formula is C15H18IN3O. The Kier molecular flexibility index (Phi) is 4.93. The van der Waals surface area contributed by atoms with E-state index < -0.39 is 0 Å². The zero-order valence-corrected chi connectivity index (χ0v) is 14.3. The van der Waals surface area contributed by atoms with E-state index in [9.17, 15) is 0 Å². The van der Waals surface area contributed by atoms with Crippen molar-refractivity contribution in [2.24, 2.45) is 0 Å². The molecule has 1 aromatic heterocycles. The van der Waals surface area contributed by atoms with Gasteiger partial charge in [-0.2, -0.15) is 0 Å². The highest BCUT2D eigenvalue weighted by molar-refractivity contribution is 14.1. The number of benzene rings is 1. The summed E-state index contributed by atoms with van der Waals surface area (Å²) in [6.45, 7) is 4.64. The van der Waals surface area contributed by atoms with E-state index in [2.05, 4.69) is 69.9 Å². The Morgan fingerprint density at radius 1 is 1.15 bits per heavy atom. The van der Waals surface area contributed by atoms with Gasteiger partial charge in [0.1, 0.15) is 5.82 Å². The Morgan fingerprint density at radius 3 is 2.35 bits per heavy atom. The normalized spacial score (nSPS) is 10.7. The molecule has 4 nitrogen and oxygen atoms in total. The van der Waals surface area contributed by atoms with Crippen molar-refractivity contribution in [2.75, 3.05) is 19.5 Å². The smallest absolute Gasteiger partial charge is 0.161 e. The Labute approximate surface area is 133 Å². The molecule has 0 radical (unpaired) electrons. The molecule has 1 N–H and O–H groups in total. The van der Waals surface area contributed by atoms with Gasteiger partial charge in [0.05, 0.1) is 15.9 Å². The van der Waals surface area contributed by atoms with E-state index in [0.29, 0.717) is 6.61 Å². The monoisotopic (exact) mass is 383 g/mol. The van der Waals surface area contributed by atoms with Crippen LogP contribution in [0.1, 0.15) is 16.8 Å². The van der Waals surface area contributed by atoms with Crippen LogP contribution in [0.15, 0.2) is 18.2 Å². The second-order valence-electron chi connectivity index (χ2n) is 4.72. The number of nitrogens with one attached hydrogen (secondary N) is 1. The standard InChI is InChI=1S/C15H18IN3O/c1-9-5-10(2)7-11(6-9)14-18-12(8-20-4)13(16)15(17-3)19-14/h5-7H,8H2,1-4H3,(H,17,18,19). The minimum Gasteiger partial charge on any atom is -0.378 e. The average Bonchev–Trinajstić information content (AvgIpc) is 2.40. The molecule has 0 saturated heterocycles. The number of halogens is 1. The van der Waals surface area contributed by atoms with Crippen LogP contribution in [0.3, 0.4) is 0 Å². The Bertz CT molecular complexity index is 609. The summed E-state index contributed by atoms with van der Waals surface area (Å²) < 4.78 is 6.22. The van der Waals surface area contributed by atoms with Gasteiger partial charge in [-0.25, -0.2) is 9.97 Å². The summed E-state index contributed by atoms with van der Waals surface area (Å²) in [7, 11) is 3.54. The van der Waals surface area contributed by atoms with Crippen molar-refractivity contribution in [2.45, 2.75) is 20.5 Å². The molecule has 0 saturated carbocycles. The molecule has 0 amide bonds. The SMILES string of the molecule is CNc1nc(-c2cc(C)cc(C)c2)nc(COC)c1I. The van der Waals surface area contributed by atoms with Gasteiger partial charge in [-0.3, -0.25) is 0 Å². The lowest BCUT2D eigenvalue weighted by molar-refractivity contribution is 0.181. The molecule has 5 heteroatoms. The number of hydrogen-bond donors (Lipinski definition) is 1. The maximum Gasteiger partial charge on any atom is 0.161 e. The number of ether oxygens (including phenoxy) is 1. The summed E-state index contributed by atoms with van der Waals surface area (Å²) >= 11 is 2.25. The Balaban J connectivity index is 2.58. The number of anilines is 1. The van der Waals surface area contributed by atoms with Crippen LogP contribution < -0.4 is 5.32 Å². The zero-order chi connectivity index (χ0) is 14.7. The van der Waals surface area contributed by atoms with Gasteiger partial charge in [0, 0.05) is 19.7 Å². The first kappa shape index (κ1) is 15.2. The van der Waals surface area contributed by atoms with Crippen molar-refractivity contribution in [1.82, 2.24) is 9.97 Å². The highest BCUT2D eigenvalue weighted by atomic mass is 127. The maximum atomic E-state index is 5.22. The molecule has 106 valence electrons. The second-order valence-corrected chi connectivity index (χ2v) is 5.79. The van der Waals surface area contributed by atoms with Gasteiger partial charge >= 0.3 is 0 Å². The van der Waals surface area contributed by atoms with Crippen molar-refractivity contribution in [1.29, 1.82) is 0 Å². The topological polar surface area (TPSA) is 47.0 Å². The van der Waals surface area contributed by atoms with Crippen LogP contribution in [0, 0.1) is 17.4 Å². The highest BCUT2D eigenvalue weighted by Crippen LogP contribution is 2.25. The van der Waals surface area contributed by atoms with Crippen molar-refractivity contribution in [3.05, 3.63) is 38.6 Å². The average molecular weight is 383 g/mol. The van der Waals surface area contributed by atoms with Gasteiger partial charge in [-0.15, -0.1) is 0 Å². The van der Waals surface area contributed by atoms with Crippen LogP contribution in [-0.4, -0.2) is 24.1 Å². The molecule has 0 aliphatic heterocycles. The van der Waals surface area contributed by atoms with Crippen LogP contribution in [0.25, 0.3) is 11.4 Å². The first-order chi connectivity index (χ1) is 9.55. The van der Waals surface area contributed by atoms with Crippen LogP contribution in [-0.2, 0) is 11.3 Å². The molecule has 2 rings (SSSR count). The third kappa shape index (κ3) is 3.27. The third-order valence-electron chi connectivity index (χ3n) is 2.92.